The van der Waals surface area contributed by atoms with Crippen molar-refractivity contribution >= 4 is 10.2 Å². The summed E-state index contributed by atoms with van der Waals surface area (Å²) >= 11 is 0. The summed E-state index contributed by atoms with van der Waals surface area (Å²) in [5.74, 6) is 1.04. The predicted molar refractivity (Wildman–Crippen MR) is 67.6 cm³/mol. The highest BCUT2D eigenvalue weighted by Gasteiger charge is 2.40. The van der Waals surface area contributed by atoms with Crippen LogP contribution in [-0.2, 0) is 10.2 Å². The monoisotopic (exact) mass is 261 g/mol. The Morgan fingerprint density at radius 2 is 2.00 bits per heavy atom. The van der Waals surface area contributed by atoms with Crippen molar-refractivity contribution in [3.63, 3.8) is 0 Å². The number of hydrogen-bond donors (Lipinski definition) is 2. The fraction of sp³-hybridized carbons (Fsp3) is 1.00. The molecule has 100 valence electrons. The van der Waals surface area contributed by atoms with Gasteiger partial charge in [-0.3, -0.25) is 0 Å². The van der Waals surface area contributed by atoms with Crippen molar-refractivity contribution in [3.8, 4) is 0 Å². The molecule has 0 spiro atoms. The molecule has 0 radical (unpaired) electrons. The molecule has 1 saturated carbocycles. The lowest BCUT2D eigenvalue weighted by Crippen LogP contribution is -2.46. The summed E-state index contributed by atoms with van der Waals surface area (Å²) in [6, 6.07) is 0.178. The summed E-state index contributed by atoms with van der Waals surface area (Å²) in [7, 11) is -3.25. The predicted octanol–water partition coefficient (Wildman–Crippen LogP) is 0.290. The van der Waals surface area contributed by atoms with Crippen molar-refractivity contribution < 1.29 is 8.42 Å². The molecule has 2 fully saturated rings. The summed E-state index contributed by atoms with van der Waals surface area (Å²) in [5.41, 5.74) is 5.60. The summed E-state index contributed by atoms with van der Waals surface area (Å²) < 4.78 is 28.5. The van der Waals surface area contributed by atoms with Gasteiger partial charge in [0.05, 0.1) is 0 Å². The zero-order valence-corrected chi connectivity index (χ0v) is 11.2. The lowest BCUT2D eigenvalue weighted by atomic mass is 9.99. The average Bonchev–Trinajstić information content (AvgIpc) is 3.07. The van der Waals surface area contributed by atoms with Crippen LogP contribution in [0.15, 0.2) is 0 Å². The van der Waals surface area contributed by atoms with Gasteiger partial charge in [-0.05, 0) is 37.6 Å². The van der Waals surface area contributed by atoms with E-state index in [2.05, 4.69) is 11.6 Å². The molecule has 17 heavy (non-hydrogen) atoms. The topological polar surface area (TPSA) is 75.4 Å². The van der Waals surface area contributed by atoms with Gasteiger partial charge in [0, 0.05) is 19.1 Å². The number of nitrogens with two attached hydrogens (primary N) is 1. The van der Waals surface area contributed by atoms with E-state index in [1.807, 2.05) is 0 Å². The average molecular weight is 261 g/mol. The third kappa shape index (κ3) is 3.19. The Bertz CT molecular complexity index is 350. The van der Waals surface area contributed by atoms with Crippen LogP contribution in [0, 0.1) is 11.8 Å². The van der Waals surface area contributed by atoms with Crippen molar-refractivity contribution in [2.24, 2.45) is 17.6 Å². The molecule has 1 aliphatic carbocycles. The minimum atomic E-state index is -3.25. The smallest absolute Gasteiger partial charge is 0.279 e. The number of nitrogens with zero attached hydrogens (tertiary/aromatic N) is 1. The number of hydrogen-bond acceptors (Lipinski definition) is 3. The van der Waals surface area contributed by atoms with Crippen LogP contribution < -0.4 is 10.5 Å². The first-order valence-corrected chi connectivity index (χ1v) is 7.98. The fourth-order valence-electron chi connectivity index (χ4n) is 2.49. The zero-order chi connectivity index (χ0) is 12.5. The summed E-state index contributed by atoms with van der Waals surface area (Å²) in [6.07, 6.45) is 3.83. The SMILES string of the molecule is CCC1CC1NS(=O)(=O)N1CCC(CN)CC1. The maximum absolute atomic E-state index is 12.1. The van der Waals surface area contributed by atoms with Crippen LogP contribution in [-0.4, -0.2) is 38.4 Å². The highest BCUT2D eigenvalue weighted by atomic mass is 32.2. The Kier molecular flexibility index (Phi) is 4.07. The van der Waals surface area contributed by atoms with E-state index in [-0.39, 0.29) is 6.04 Å². The Morgan fingerprint density at radius 3 is 2.47 bits per heavy atom. The number of rotatable bonds is 5. The van der Waals surface area contributed by atoms with Gasteiger partial charge in [0.15, 0.2) is 0 Å². The molecule has 2 unspecified atom stereocenters. The first kappa shape index (κ1) is 13.3. The second-order valence-corrected chi connectivity index (χ2v) is 6.91. The molecular formula is C11H23N3O2S. The zero-order valence-electron chi connectivity index (χ0n) is 10.4. The molecule has 0 aromatic carbocycles. The molecule has 6 heteroatoms. The van der Waals surface area contributed by atoms with Crippen LogP contribution in [0.25, 0.3) is 0 Å². The van der Waals surface area contributed by atoms with Crippen molar-refractivity contribution in [1.82, 2.24) is 9.03 Å². The maximum Gasteiger partial charge on any atom is 0.279 e. The van der Waals surface area contributed by atoms with E-state index in [1.54, 1.807) is 4.31 Å². The minimum absolute atomic E-state index is 0.178. The third-order valence-corrected chi connectivity index (χ3v) is 5.64. The Hall–Kier alpha value is -0.170. The first-order chi connectivity index (χ1) is 8.06. The molecule has 1 heterocycles. The van der Waals surface area contributed by atoms with E-state index in [9.17, 15) is 8.42 Å². The third-order valence-electron chi connectivity index (χ3n) is 3.99. The normalized spacial score (nSPS) is 31.6. The molecule has 2 aliphatic rings. The standard InChI is InChI=1S/C11H23N3O2S/c1-2-10-7-11(10)13-17(15,16)14-5-3-9(8-12)4-6-14/h9-11,13H,2-8,12H2,1H3. The van der Waals surface area contributed by atoms with Crippen LogP contribution in [0.4, 0.5) is 0 Å². The second kappa shape index (κ2) is 5.22. The summed E-state index contributed by atoms with van der Waals surface area (Å²) in [5, 5.41) is 0. The van der Waals surface area contributed by atoms with Gasteiger partial charge >= 0.3 is 0 Å². The molecule has 0 aromatic heterocycles. The molecule has 2 rings (SSSR count). The number of nitrogens with one attached hydrogen (secondary N) is 1. The molecule has 0 aromatic rings. The van der Waals surface area contributed by atoms with E-state index < -0.39 is 10.2 Å². The molecule has 0 amide bonds. The van der Waals surface area contributed by atoms with Gasteiger partial charge < -0.3 is 5.73 Å². The highest BCUT2D eigenvalue weighted by molar-refractivity contribution is 7.87. The van der Waals surface area contributed by atoms with Gasteiger partial charge in [-0.2, -0.15) is 17.4 Å². The van der Waals surface area contributed by atoms with Gasteiger partial charge in [0.1, 0.15) is 0 Å². The van der Waals surface area contributed by atoms with Crippen molar-refractivity contribution in [2.45, 2.75) is 38.6 Å². The van der Waals surface area contributed by atoms with Gasteiger partial charge in [0.25, 0.3) is 10.2 Å². The molecular weight excluding hydrogens is 238 g/mol. The minimum Gasteiger partial charge on any atom is -0.330 e. The van der Waals surface area contributed by atoms with E-state index in [4.69, 9.17) is 5.73 Å². The molecule has 1 aliphatic heterocycles. The molecule has 3 N–H and O–H groups in total. The van der Waals surface area contributed by atoms with Crippen molar-refractivity contribution in [3.05, 3.63) is 0 Å². The van der Waals surface area contributed by atoms with Crippen LogP contribution in [0.3, 0.4) is 0 Å². The van der Waals surface area contributed by atoms with Crippen molar-refractivity contribution in [2.75, 3.05) is 19.6 Å². The van der Waals surface area contributed by atoms with Gasteiger partial charge in [0.2, 0.25) is 0 Å². The number of piperidine rings is 1. The van der Waals surface area contributed by atoms with Crippen LogP contribution in [0.1, 0.15) is 32.6 Å². The summed E-state index contributed by atoms with van der Waals surface area (Å²) in [6.45, 7) is 4.00. The largest absolute Gasteiger partial charge is 0.330 e. The van der Waals surface area contributed by atoms with E-state index in [0.717, 1.165) is 25.7 Å². The van der Waals surface area contributed by atoms with Gasteiger partial charge in [-0.1, -0.05) is 13.3 Å². The molecule has 5 nitrogen and oxygen atoms in total. The van der Waals surface area contributed by atoms with Crippen LogP contribution >= 0.6 is 0 Å². The van der Waals surface area contributed by atoms with Crippen LogP contribution in [0.2, 0.25) is 0 Å². The van der Waals surface area contributed by atoms with Gasteiger partial charge in [-0.15, -0.1) is 0 Å². The molecule has 1 saturated heterocycles. The van der Waals surface area contributed by atoms with E-state index in [0.29, 0.717) is 31.5 Å². The van der Waals surface area contributed by atoms with E-state index in [1.165, 1.54) is 0 Å². The Morgan fingerprint density at radius 1 is 1.35 bits per heavy atom. The molecule has 2 atom stereocenters. The molecule has 0 bridgehead atoms. The lowest BCUT2D eigenvalue weighted by molar-refractivity contribution is 0.275. The van der Waals surface area contributed by atoms with Gasteiger partial charge in [-0.25, -0.2) is 0 Å². The lowest BCUT2D eigenvalue weighted by Gasteiger charge is -2.30. The fourth-order valence-corrected chi connectivity index (χ4v) is 4.01. The highest BCUT2D eigenvalue weighted by Crippen LogP contribution is 2.34. The second-order valence-electron chi connectivity index (χ2n) is 5.21. The quantitative estimate of drug-likeness (QED) is 0.747. The maximum atomic E-state index is 12.1. The Balaban J connectivity index is 1.85. The summed E-state index contributed by atoms with van der Waals surface area (Å²) in [4.78, 5) is 0. The van der Waals surface area contributed by atoms with E-state index >= 15 is 0 Å². The first-order valence-electron chi connectivity index (χ1n) is 6.54. The van der Waals surface area contributed by atoms with Crippen LogP contribution in [0.5, 0.6) is 0 Å². The Labute approximate surface area is 104 Å². The van der Waals surface area contributed by atoms with Crippen molar-refractivity contribution in [1.29, 1.82) is 0 Å².